The Balaban J connectivity index is 1.38. The Bertz CT molecular complexity index is 1510. The molecule has 1 aromatic heterocycles. The van der Waals surface area contributed by atoms with E-state index in [1.165, 1.54) is 17.4 Å². The molecule has 2 aromatic carbocycles. The fraction of sp³-hybridized carbons (Fsp3) is 0.394. The largest absolute Gasteiger partial charge is 0.310 e. The molecular formula is C33H37N5O3S. The Morgan fingerprint density at radius 2 is 1.71 bits per heavy atom. The summed E-state index contributed by atoms with van der Waals surface area (Å²) in [5.41, 5.74) is 1.87. The molecule has 0 aliphatic carbocycles. The van der Waals surface area contributed by atoms with Crippen LogP contribution in [0.25, 0.3) is 16.3 Å². The lowest BCUT2D eigenvalue weighted by Gasteiger charge is -2.42. The van der Waals surface area contributed by atoms with E-state index in [2.05, 4.69) is 30.8 Å². The van der Waals surface area contributed by atoms with Gasteiger partial charge < -0.3 is 9.80 Å². The van der Waals surface area contributed by atoms with Crippen LogP contribution in [0.4, 0.5) is 0 Å². The summed E-state index contributed by atoms with van der Waals surface area (Å²) in [6.45, 7) is 5.90. The summed E-state index contributed by atoms with van der Waals surface area (Å²) in [6.07, 6.45) is 7.62. The van der Waals surface area contributed by atoms with Crippen molar-refractivity contribution in [1.82, 2.24) is 24.6 Å². The first kappa shape index (κ1) is 28.3. The van der Waals surface area contributed by atoms with Gasteiger partial charge in [0, 0.05) is 24.7 Å². The Labute approximate surface area is 250 Å². The highest BCUT2D eigenvalue weighted by Gasteiger charge is 2.53. The second-order valence-corrected chi connectivity index (χ2v) is 12.9. The van der Waals surface area contributed by atoms with Crippen LogP contribution >= 0.6 is 11.3 Å². The third-order valence-corrected chi connectivity index (χ3v) is 9.40. The Kier molecular flexibility index (Phi) is 7.96. The molecule has 4 heterocycles. The molecule has 0 radical (unpaired) electrons. The first-order valence-corrected chi connectivity index (χ1v) is 15.6. The molecule has 0 spiro atoms. The summed E-state index contributed by atoms with van der Waals surface area (Å²) in [5.74, 6) is 0.141. The molecule has 218 valence electrons. The predicted molar refractivity (Wildman–Crippen MR) is 165 cm³/mol. The summed E-state index contributed by atoms with van der Waals surface area (Å²) in [7, 11) is 2.09. The number of piperidine rings is 1. The third-order valence-electron chi connectivity index (χ3n) is 8.40. The fourth-order valence-corrected chi connectivity index (χ4v) is 7.12. The SMILES string of the molecule is CC(C)C[C@@H]1C(=O)N2C(=CN(C3CCN(C)CC3)C(=O)[C@@H]2Cc2ccccc2)N1C(=O)/C=C/c1nc2ccccc2s1. The maximum absolute atomic E-state index is 14.1. The van der Waals surface area contributed by atoms with Crippen molar-refractivity contribution in [3.8, 4) is 0 Å². The average molecular weight is 584 g/mol. The number of benzene rings is 2. The topological polar surface area (TPSA) is 77.1 Å². The van der Waals surface area contributed by atoms with E-state index in [4.69, 9.17) is 0 Å². The van der Waals surface area contributed by atoms with Crippen molar-refractivity contribution in [3.05, 3.63) is 83.3 Å². The average Bonchev–Trinajstić information content (AvgIpc) is 3.52. The number of likely N-dealkylation sites (tertiary alicyclic amines) is 1. The van der Waals surface area contributed by atoms with Gasteiger partial charge in [-0.25, -0.2) is 4.98 Å². The lowest BCUT2D eigenvalue weighted by Crippen LogP contribution is -2.56. The van der Waals surface area contributed by atoms with Crippen molar-refractivity contribution >= 4 is 45.4 Å². The molecule has 2 fully saturated rings. The molecule has 0 N–H and O–H groups in total. The van der Waals surface area contributed by atoms with E-state index in [9.17, 15) is 14.4 Å². The normalized spacial score (nSPS) is 22.1. The lowest BCUT2D eigenvalue weighted by atomic mass is 9.97. The Morgan fingerprint density at radius 1 is 1.00 bits per heavy atom. The number of hydrogen-bond acceptors (Lipinski definition) is 6. The molecule has 0 bridgehead atoms. The maximum atomic E-state index is 14.1. The molecule has 3 aliphatic heterocycles. The van der Waals surface area contributed by atoms with Crippen molar-refractivity contribution in [3.63, 3.8) is 0 Å². The van der Waals surface area contributed by atoms with Crippen LogP contribution in [0.15, 0.2) is 72.7 Å². The molecular weight excluding hydrogens is 546 g/mol. The molecule has 2 saturated heterocycles. The molecule has 3 aliphatic rings. The number of para-hydroxylation sites is 1. The van der Waals surface area contributed by atoms with Crippen LogP contribution in [0.3, 0.4) is 0 Å². The Hall–Kier alpha value is -3.82. The number of amides is 3. The van der Waals surface area contributed by atoms with Crippen LogP contribution in [0.2, 0.25) is 0 Å². The Morgan fingerprint density at radius 3 is 2.43 bits per heavy atom. The fourth-order valence-electron chi connectivity index (χ4n) is 6.25. The lowest BCUT2D eigenvalue weighted by molar-refractivity contribution is -0.144. The smallest absolute Gasteiger partial charge is 0.252 e. The molecule has 3 aromatic rings. The highest BCUT2D eigenvalue weighted by molar-refractivity contribution is 7.19. The van der Waals surface area contributed by atoms with Crippen molar-refractivity contribution in [2.24, 2.45) is 5.92 Å². The van der Waals surface area contributed by atoms with E-state index in [1.54, 1.807) is 22.1 Å². The molecule has 9 heteroatoms. The van der Waals surface area contributed by atoms with E-state index in [-0.39, 0.29) is 29.7 Å². The summed E-state index contributed by atoms with van der Waals surface area (Å²) in [5, 5.41) is 0.732. The number of thiazole rings is 1. The zero-order valence-corrected chi connectivity index (χ0v) is 25.2. The van der Waals surface area contributed by atoms with E-state index in [1.807, 2.05) is 59.5 Å². The summed E-state index contributed by atoms with van der Waals surface area (Å²) in [4.78, 5) is 54.2. The van der Waals surface area contributed by atoms with Gasteiger partial charge in [0.25, 0.3) is 11.8 Å². The van der Waals surface area contributed by atoms with Crippen molar-refractivity contribution in [2.45, 2.75) is 57.7 Å². The first-order valence-electron chi connectivity index (χ1n) is 14.8. The molecule has 42 heavy (non-hydrogen) atoms. The summed E-state index contributed by atoms with van der Waals surface area (Å²) >= 11 is 1.52. The number of fused-ring (bicyclic) bond motifs is 2. The highest BCUT2D eigenvalue weighted by Crippen LogP contribution is 2.37. The van der Waals surface area contributed by atoms with E-state index >= 15 is 0 Å². The maximum Gasteiger partial charge on any atom is 0.252 e. The zero-order chi connectivity index (χ0) is 29.4. The van der Waals surface area contributed by atoms with Gasteiger partial charge in [-0.1, -0.05) is 56.3 Å². The molecule has 0 unspecified atom stereocenters. The molecule has 3 amide bonds. The number of carbonyl (C=O) groups is 3. The number of hydrogen-bond donors (Lipinski definition) is 0. The quantitative estimate of drug-likeness (QED) is 0.376. The number of rotatable bonds is 7. The molecule has 2 atom stereocenters. The predicted octanol–water partition coefficient (Wildman–Crippen LogP) is 4.74. The van der Waals surface area contributed by atoms with Crippen LogP contribution in [0, 0.1) is 5.92 Å². The van der Waals surface area contributed by atoms with Gasteiger partial charge in [-0.2, -0.15) is 0 Å². The van der Waals surface area contributed by atoms with Gasteiger partial charge in [-0.05, 0) is 69.1 Å². The van der Waals surface area contributed by atoms with Gasteiger partial charge in [0.15, 0.2) is 0 Å². The van der Waals surface area contributed by atoms with Crippen LogP contribution in [0.1, 0.15) is 43.7 Å². The molecule has 0 saturated carbocycles. The zero-order valence-electron chi connectivity index (χ0n) is 24.3. The van der Waals surface area contributed by atoms with Crippen molar-refractivity contribution in [2.75, 3.05) is 20.1 Å². The van der Waals surface area contributed by atoms with E-state index < -0.39 is 12.1 Å². The van der Waals surface area contributed by atoms with E-state index in [0.29, 0.717) is 18.7 Å². The standard InChI is InChI=1S/C33H37N5O3S/c1-22(2)19-26-33(41)38-27(20-23-9-5-4-6-10-23)32(40)36(24-15-17-35(3)18-16-24)21-30(38)37(26)31(39)14-13-29-34-25-11-7-8-12-28(25)42-29/h4-14,21-22,24,26-27H,15-20H2,1-3H3/b14-13+/t26-,27+/m1/s1. The summed E-state index contributed by atoms with van der Waals surface area (Å²) < 4.78 is 1.05. The van der Waals surface area contributed by atoms with Gasteiger partial charge in [0.1, 0.15) is 22.9 Å². The van der Waals surface area contributed by atoms with Gasteiger partial charge in [-0.3, -0.25) is 24.2 Å². The second-order valence-electron chi connectivity index (χ2n) is 11.9. The second kappa shape index (κ2) is 11.8. The van der Waals surface area contributed by atoms with Gasteiger partial charge in [0.05, 0.1) is 10.2 Å². The van der Waals surface area contributed by atoms with Crippen LogP contribution in [-0.4, -0.2) is 80.6 Å². The summed E-state index contributed by atoms with van der Waals surface area (Å²) in [6, 6.07) is 16.3. The first-order chi connectivity index (χ1) is 20.3. The van der Waals surface area contributed by atoms with Crippen LogP contribution < -0.4 is 0 Å². The van der Waals surface area contributed by atoms with Crippen molar-refractivity contribution < 1.29 is 14.4 Å². The van der Waals surface area contributed by atoms with Gasteiger partial charge in [0.2, 0.25) is 5.91 Å². The molecule has 8 nitrogen and oxygen atoms in total. The van der Waals surface area contributed by atoms with Crippen LogP contribution in [0.5, 0.6) is 0 Å². The minimum atomic E-state index is -0.708. The number of nitrogens with zero attached hydrogens (tertiary/aromatic N) is 5. The minimum Gasteiger partial charge on any atom is -0.310 e. The third kappa shape index (κ3) is 5.51. The van der Waals surface area contributed by atoms with Gasteiger partial charge >= 0.3 is 0 Å². The van der Waals surface area contributed by atoms with Gasteiger partial charge in [-0.15, -0.1) is 11.3 Å². The highest BCUT2D eigenvalue weighted by atomic mass is 32.1. The van der Waals surface area contributed by atoms with Crippen molar-refractivity contribution in [1.29, 1.82) is 0 Å². The number of carbonyl (C=O) groups excluding carboxylic acids is 3. The minimum absolute atomic E-state index is 0.0242. The monoisotopic (exact) mass is 583 g/mol. The number of aromatic nitrogens is 1. The molecule has 6 rings (SSSR count). The van der Waals surface area contributed by atoms with E-state index in [0.717, 1.165) is 46.7 Å². The van der Waals surface area contributed by atoms with Crippen LogP contribution in [-0.2, 0) is 20.8 Å².